The minimum atomic E-state index is -0.869. The summed E-state index contributed by atoms with van der Waals surface area (Å²) in [5.41, 5.74) is 0. The quantitative estimate of drug-likeness (QED) is 0.445. The summed E-state index contributed by atoms with van der Waals surface area (Å²) >= 11 is 0.767. The Morgan fingerprint density at radius 3 is 2.50 bits per heavy atom. The van der Waals surface area contributed by atoms with Gasteiger partial charge in [-0.25, -0.2) is 0 Å². The average molecular weight is 165 g/mol. The van der Waals surface area contributed by atoms with E-state index in [1.165, 1.54) is 6.08 Å². The van der Waals surface area contributed by atoms with Gasteiger partial charge in [-0.15, -0.1) is 0 Å². The van der Waals surface area contributed by atoms with E-state index in [0.717, 1.165) is 18.5 Å². The summed E-state index contributed by atoms with van der Waals surface area (Å²) < 4.78 is 2.66. The van der Waals surface area contributed by atoms with Gasteiger partial charge in [0.25, 0.3) is 0 Å². The molecule has 0 radical (unpaired) electrons. The predicted molar refractivity (Wildman–Crippen MR) is 24.8 cm³/mol. The molecular formula is C4H6NO2Zn. The van der Waals surface area contributed by atoms with E-state index in [-0.39, 0.29) is 0 Å². The van der Waals surface area contributed by atoms with Crippen LogP contribution in [-0.4, -0.2) is 17.1 Å². The molecule has 0 aromatic rings. The van der Waals surface area contributed by atoms with Crippen LogP contribution in [0, 0.1) is 0 Å². The molecule has 0 aromatic heterocycles. The van der Waals surface area contributed by atoms with Crippen LogP contribution in [0.5, 0.6) is 0 Å². The molecule has 41 valence electrons. The van der Waals surface area contributed by atoms with Crippen molar-refractivity contribution in [2.24, 2.45) is 0 Å². The Morgan fingerprint density at radius 1 is 2.00 bits per heavy atom. The topological polar surface area (TPSA) is 49.3 Å². The van der Waals surface area contributed by atoms with E-state index >= 15 is 0 Å². The van der Waals surface area contributed by atoms with Gasteiger partial charge in [0.1, 0.15) is 0 Å². The van der Waals surface area contributed by atoms with Crippen molar-refractivity contribution < 1.29 is 28.4 Å². The van der Waals surface area contributed by atoms with Crippen LogP contribution in [0.2, 0.25) is 0 Å². The monoisotopic (exact) mass is 164 g/mol. The molecule has 0 amide bonds. The van der Waals surface area contributed by atoms with Crippen molar-refractivity contribution in [3.8, 4) is 0 Å². The fourth-order valence-corrected chi connectivity index (χ4v) is 0.988. The predicted octanol–water partition coefficient (Wildman–Crippen LogP) is -0.323. The van der Waals surface area contributed by atoms with Crippen LogP contribution in [0.25, 0.3) is 0 Å². The Bertz CT molecular complexity index is 104. The van der Waals surface area contributed by atoms with Gasteiger partial charge >= 0.3 is 57.2 Å². The summed E-state index contributed by atoms with van der Waals surface area (Å²) in [6.07, 6.45) is 1.37. The molecule has 0 aliphatic heterocycles. The minimum absolute atomic E-state index is 0.560. The van der Waals surface area contributed by atoms with Crippen molar-refractivity contribution in [2.45, 2.75) is 6.04 Å². The number of carboxylic acid groups (broad SMARTS) is 1. The maximum atomic E-state index is 10.0. The van der Waals surface area contributed by atoms with E-state index in [0.29, 0.717) is 0 Å². The molecule has 3 nitrogen and oxygen atoms in total. The Balaban J connectivity index is 3.69. The summed E-state index contributed by atoms with van der Waals surface area (Å²) in [5.74, 6) is -0.869. The molecule has 8 heavy (non-hydrogen) atoms. The van der Waals surface area contributed by atoms with E-state index in [9.17, 15) is 4.79 Å². The van der Waals surface area contributed by atoms with Gasteiger partial charge in [0.05, 0.1) is 0 Å². The van der Waals surface area contributed by atoms with E-state index in [4.69, 9.17) is 5.11 Å². The fourth-order valence-electron chi connectivity index (χ4n) is 0.271. The second kappa shape index (κ2) is 3.75. The van der Waals surface area contributed by atoms with Gasteiger partial charge in [-0.2, -0.15) is 0 Å². The first kappa shape index (κ1) is 7.79. The van der Waals surface area contributed by atoms with Gasteiger partial charge in [0.2, 0.25) is 0 Å². The van der Waals surface area contributed by atoms with Gasteiger partial charge in [0.15, 0.2) is 0 Å². The van der Waals surface area contributed by atoms with Crippen molar-refractivity contribution >= 4 is 5.97 Å². The molecule has 0 aliphatic carbocycles. The average Bonchev–Trinajstić information content (AvgIpc) is 1.69. The first-order chi connectivity index (χ1) is 3.72. The molecule has 0 spiro atoms. The van der Waals surface area contributed by atoms with Crippen LogP contribution >= 0.6 is 0 Å². The van der Waals surface area contributed by atoms with Crippen LogP contribution in [0.4, 0.5) is 0 Å². The molecule has 0 heterocycles. The summed E-state index contributed by atoms with van der Waals surface area (Å²) in [6, 6.07) is -0.560. The molecule has 1 atom stereocenters. The Hall–Kier alpha value is -0.207. The second-order valence-electron chi connectivity index (χ2n) is 1.26. The number of carbonyl (C=O) groups is 1. The number of hydrogen-bond donors (Lipinski definition) is 2. The third-order valence-corrected chi connectivity index (χ3v) is 1.64. The van der Waals surface area contributed by atoms with Crippen LogP contribution in [0.1, 0.15) is 0 Å². The zero-order valence-electron chi connectivity index (χ0n) is 4.42. The fraction of sp³-hybridized carbons (Fsp3) is 0.250. The third-order valence-electron chi connectivity index (χ3n) is 0.722. The summed E-state index contributed by atoms with van der Waals surface area (Å²) in [6.45, 7) is 3.33. The zero-order valence-corrected chi connectivity index (χ0v) is 7.39. The number of hydrogen-bond acceptors (Lipinski definition) is 2. The van der Waals surface area contributed by atoms with Gasteiger partial charge in [-0.05, 0) is 0 Å². The second-order valence-corrected chi connectivity index (χ2v) is 2.11. The Labute approximate surface area is 57.7 Å². The van der Waals surface area contributed by atoms with E-state index in [1.807, 2.05) is 0 Å². The van der Waals surface area contributed by atoms with E-state index in [2.05, 4.69) is 10.6 Å². The maximum absolute atomic E-state index is 10.0. The van der Waals surface area contributed by atoms with Gasteiger partial charge < -0.3 is 0 Å². The first-order valence-corrected chi connectivity index (χ1v) is 3.58. The number of rotatable bonds is 3. The molecule has 0 rings (SSSR count). The number of aliphatic carboxylic acids is 1. The molecule has 2 N–H and O–H groups in total. The van der Waals surface area contributed by atoms with Crippen molar-refractivity contribution in [3.63, 3.8) is 0 Å². The molecule has 0 aromatic carbocycles. The van der Waals surface area contributed by atoms with E-state index in [1.54, 1.807) is 0 Å². The van der Waals surface area contributed by atoms with Crippen LogP contribution in [0.15, 0.2) is 12.7 Å². The zero-order chi connectivity index (χ0) is 6.57. The van der Waals surface area contributed by atoms with Crippen LogP contribution in [0.3, 0.4) is 0 Å². The Morgan fingerprint density at radius 2 is 2.50 bits per heavy atom. The SMILES string of the molecule is C=CC([NH][Zn])C(=O)O. The standard InChI is InChI=1S/C4H6NO2.Zn/c1-2-3(5)4(6)7;/h2-3,5H,1H2,(H,6,7);/q-1;+1. The third kappa shape index (κ3) is 2.19. The molecule has 0 fully saturated rings. The van der Waals surface area contributed by atoms with E-state index < -0.39 is 12.0 Å². The van der Waals surface area contributed by atoms with Crippen molar-refractivity contribution in [1.29, 1.82) is 0 Å². The number of carboxylic acids is 1. The van der Waals surface area contributed by atoms with Crippen molar-refractivity contribution in [2.75, 3.05) is 0 Å². The molecule has 0 saturated carbocycles. The molecule has 1 unspecified atom stereocenters. The summed E-state index contributed by atoms with van der Waals surface area (Å²) in [5, 5.41) is 8.26. The first-order valence-electron chi connectivity index (χ1n) is 2.10. The molecule has 4 heteroatoms. The Kier molecular flexibility index (Phi) is 3.66. The molecule has 0 aliphatic rings. The molecule has 0 saturated heterocycles. The summed E-state index contributed by atoms with van der Waals surface area (Å²) in [4.78, 5) is 10.0. The normalized spacial score (nSPS) is 12.8. The molecular weight excluding hydrogens is 159 g/mol. The summed E-state index contributed by atoms with van der Waals surface area (Å²) in [7, 11) is 0. The van der Waals surface area contributed by atoms with Crippen molar-refractivity contribution in [1.82, 2.24) is 4.06 Å². The van der Waals surface area contributed by atoms with Gasteiger partial charge in [0, 0.05) is 0 Å². The van der Waals surface area contributed by atoms with Crippen LogP contribution in [-0.2, 0) is 23.3 Å². The molecule has 0 bridgehead atoms. The van der Waals surface area contributed by atoms with Gasteiger partial charge in [-0.3, -0.25) is 0 Å². The van der Waals surface area contributed by atoms with Crippen molar-refractivity contribution in [3.05, 3.63) is 12.7 Å². The van der Waals surface area contributed by atoms with Gasteiger partial charge in [-0.1, -0.05) is 0 Å². The number of nitrogens with one attached hydrogen (secondary N) is 1. The van der Waals surface area contributed by atoms with Crippen LogP contribution < -0.4 is 4.06 Å².